The van der Waals surface area contributed by atoms with Crippen molar-refractivity contribution < 1.29 is 32.2 Å². The lowest BCUT2D eigenvalue weighted by Crippen LogP contribution is -2.49. The maximum absolute atomic E-state index is 12.6. The van der Waals surface area contributed by atoms with Crippen LogP contribution < -0.4 is 9.47 Å². The van der Waals surface area contributed by atoms with Crippen LogP contribution in [0.1, 0.15) is 12.0 Å². The molecule has 1 saturated heterocycles. The van der Waals surface area contributed by atoms with Crippen LogP contribution in [0.15, 0.2) is 12.1 Å². The highest BCUT2D eigenvalue weighted by molar-refractivity contribution is 6.32. The Labute approximate surface area is 172 Å². The van der Waals surface area contributed by atoms with E-state index in [1.807, 2.05) is 0 Å². The van der Waals surface area contributed by atoms with Gasteiger partial charge < -0.3 is 19.1 Å². The predicted molar refractivity (Wildman–Crippen MR) is 101 cm³/mol. The number of carbonyl (C=O) groups is 1. The van der Waals surface area contributed by atoms with Gasteiger partial charge in [0.1, 0.15) is 19.8 Å². The normalized spacial score (nSPS) is 17.4. The van der Waals surface area contributed by atoms with Crippen LogP contribution in [0, 0.1) is 0 Å². The highest BCUT2D eigenvalue weighted by atomic mass is 35.5. The fraction of sp³-hybridized carbons (Fsp3) is 0.632. The molecule has 0 radical (unpaired) electrons. The van der Waals surface area contributed by atoms with Crippen LogP contribution >= 0.6 is 11.6 Å². The van der Waals surface area contributed by atoms with Gasteiger partial charge in [-0.05, 0) is 24.1 Å². The largest absolute Gasteiger partial charge is 0.486 e. The van der Waals surface area contributed by atoms with Gasteiger partial charge in [0.2, 0.25) is 5.91 Å². The minimum Gasteiger partial charge on any atom is -0.486 e. The Morgan fingerprint density at radius 3 is 2.59 bits per heavy atom. The molecule has 1 aromatic rings. The number of piperazine rings is 1. The van der Waals surface area contributed by atoms with E-state index in [9.17, 15) is 18.0 Å². The molecule has 0 saturated carbocycles. The molecular formula is C19H24ClF3N2O4. The third-order valence-corrected chi connectivity index (χ3v) is 5.05. The van der Waals surface area contributed by atoms with Gasteiger partial charge in [0.05, 0.1) is 11.4 Å². The molecule has 3 rings (SSSR count). The van der Waals surface area contributed by atoms with E-state index in [0.29, 0.717) is 68.9 Å². The second-order valence-electron chi connectivity index (χ2n) is 7.02. The number of fused-ring (bicyclic) bond motifs is 1. The van der Waals surface area contributed by atoms with Crippen molar-refractivity contribution in [3.8, 4) is 11.5 Å². The smallest absolute Gasteiger partial charge is 0.411 e. The van der Waals surface area contributed by atoms with Crippen molar-refractivity contribution in [1.29, 1.82) is 0 Å². The third kappa shape index (κ3) is 6.65. The van der Waals surface area contributed by atoms with E-state index in [2.05, 4.69) is 9.64 Å². The molecule has 0 bridgehead atoms. The van der Waals surface area contributed by atoms with Gasteiger partial charge in [0.25, 0.3) is 0 Å². The Bertz CT molecular complexity index is 709. The van der Waals surface area contributed by atoms with Gasteiger partial charge in [0, 0.05) is 39.3 Å². The van der Waals surface area contributed by atoms with Crippen molar-refractivity contribution in [3.05, 3.63) is 22.7 Å². The highest BCUT2D eigenvalue weighted by Crippen LogP contribution is 2.38. The van der Waals surface area contributed by atoms with E-state index in [1.165, 1.54) is 0 Å². The van der Waals surface area contributed by atoms with Gasteiger partial charge in [-0.3, -0.25) is 9.69 Å². The summed E-state index contributed by atoms with van der Waals surface area (Å²) < 4.78 is 51.7. The first-order valence-corrected chi connectivity index (χ1v) is 9.92. The quantitative estimate of drug-likeness (QED) is 0.615. The Balaban J connectivity index is 1.40. The van der Waals surface area contributed by atoms with E-state index in [0.717, 1.165) is 5.56 Å². The summed E-state index contributed by atoms with van der Waals surface area (Å²) in [5.74, 6) is 1.08. The number of benzene rings is 1. The molecule has 2 heterocycles. The number of hydrogen-bond acceptors (Lipinski definition) is 5. The molecule has 0 unspecified atom stereocenters. The van der Waals surface area contributed by atoms with Crippen LogP contribution in [0.5, 0.6) is 11.5 Å². The van der Waals surface area contributed by atoms with Crippen LogP contribution in [0.4, 0.5) is 13.2 Å². The van der Waals surface area contributed by atoms with Gasteiger partial charge in [-0.15, -0.1) is 0 Å². The van der Waals surface area contributed by atoms with Crippen molar-refractivity contribution in [3.63, 3.8) is 0 Å². The number of hydrogen-bond donors (Lipinski definition) is 0. The van der Waals surface area contributed by atoms with Crippen molar-refractivity contribution >= 4 is 17.5 Å². The lowest BCUT2D eigenvalue weighted by atomic mass is 10.1. The topological polar surface area (TPSA) is 51.2 Å². The third-order valence-electron chi connectivity index (χ3n) is 4.77. The van der Waals surface area contributed by atoms with Gasteiger partial charge >= 0.3 is 6.18 Å². The predicted octanol–water partition coefficient (Wildman–Crippen LogP) is 2.77. The molecule has 1 aromatic carbocycles. The van der Waals surface area contributed by atoms with Crippen molar-refractivity contribution in [2.45, 2.75) is 19.0 Å². The zero-order valence-corrected chi connectivity index (χ0v) is 16.7. The maximum Gasteiger partial charge on any atom is 0.411 e. The number of amides is 1. The molecule has 6 nitrogen and oxygen atoms in total. The van der Waals surface area contributed by atoms with Crippen molar-refractivity contribution in [2.75, 3.05) is 59.2 Å². The molecule has 0 aromatic heterocycles. The monoisotopic (exact) mass is 436 g/mol. The molecule has 162 valence electrons. The van der Waals surface area contributed by atoms with E-state index in [-0.39, 0.29) is 18.9 Å². The number of nitrogens with zero attached hydrogens (tertiary/aromatic N) is 2. The van der Waals surface area contributed by atoms with Crippen LogP contribution in [-0.2, 0) is 16.0 Å². The van der Waals surface area contributed by atoms with Crippen LogP contribution in [-0.4, -0.2) is 81.0 Å². The molecule has 2 aliphatic heterocycles. The van der Waals surface area contributed by atoms with Gasteiger partial charge in [-0.2, -0.15) is 13.2 Å². The summed E-state index contributed by atoms with van der Waals surface area (Å²) in [4.78, 5) is 16.5. The molecule has 10 heteroatoms. The molecule has 29 heavy (non-hydrogen) atoms. The molecule has 1 amide bonds. The maximum atomic E-state index is 12.6. The SMILES string of the molecule is O=C(Cc1cc(Cl)c2c(c1)OCCO2)N1CCN(CCCOCC(F)(F)F)CC1. The second-order valence-corrected chi connectivity index (χ2v) is 7.43. The molecule has 2 aliphatic rings. The molecule has 0 aliphatic carbocycles. The summed E-state index contributed by atoms with van der Waals surface area (Å²) in [6.07, 6.45) is -3.53. The number of ether oxygens (including phenoxy) is 3. The van der Waals surface area contributed by atoms with E-state index in [1.54, 1.807) is 17.0 Å². The molecule has 0 spiro atoms. The average Bonchev–Trinajstić information content (AvgIpc) is 2.67. The van der Waals surface area contributed by atoms with Gasteiger partial charge in [0.15, 0.2) is 11.5 Å². The lowest BCUT2D eigenvalue weighted by Gasteiger charge is -2.34. The first kappa shape index (κ1) is 22.0. The Kier molecular flexibility index (Phi) is 7.48. The Hall–Kier alpha value is -1.71. The highest BCUT2D eigenvalue weighted by Gasteiger charge is 2.27. The standard InChI is InChI=1S/C19H24ClF3N2O4/c20-15-10-14(11-16-18(15)29-9-8-28-16)12-17(26)25-5-3-24(4-6-25)2-1-7-27-13-19(21,22)23/h10-11H,1-9,12-13H2. The minimum atomic E-state index is -4.28. The van der Waals surface area contributed by atoms with Crippen LogP contribution in [0.25, 0.3) is 0 Å². The number of carbonyl (C=O) groups excluding carboxylic acids is 1. The average molecular weight is 437 g/mol. The first-order valence-electron chi connectivity index (χ1n) is 9.54. The number of alkyl halides is 3. The molecule has 0 N–H and O–H groups in total. The van der Waals surface area contributed by atoms with Crippen molar-refractivity contribution in [1.82, 2.24) is 9.80 Å². The summed E-state index contributed by atoms with van der Waals surface area (Å²) in [6, 6.07) is 3.51. The lowest BCUT2D eigenvalue weighted by molar-refractivity contribution is -0.174. The summed E-state index contributed by atoms with van der Waals surface area (Å²) in [6.45, 7) is 2.95. The van der Waals surface area contributed by atoms with Gasteiger partial charge in [-0.1, -0.05) is 11.6 Å². The fourth-order valence-corrected chi connectivity index (χ4v) is 3.64. The second kappa shape index (κ2) is 9.86. The van der Waals surface area contributed by atoms with Gasteiger partial charge in [-0.25, -0.2) is 0 Å². The summed E-state index contributed by atoms with van der Waals surface area (Å²) in [5, 5.41) is 0.433. The number of halogens is 4. The molecule has 0 atom stereocenters. The summed E-state index contributed by atoms with van der Waals surface area (Å²) in [5.41, 5.74) is 0.772. The Morgan fingerprint density at radius 1 is 1.14 bits per heavy atom. The summed E-state index contributed by atoms with van der Waals surface area (Å²) >= 11 is 6.22. The Morgan fingerprint density at radius 2 is 1.86 bits per heavy atom. The first-order chi connectivity index (χ1) is 13.8. The zero-order valence-electron chi connectivity index (χ0n) is 16.0. The van der Waals surface area contributed by atoms with E-state index in [4.69, 9.17) is 21.1 Å². The molecular weight excluding hydrogens is 413 g/mol. The number of rotatable bonds is 7. The van der Waals surface area contributed by atoms with E-state index < -0.39 is 12.8 Å². The van der Waals surface area contributed by atoms with Crippen LogP contribution in [0.3, 0.4) is 0 Å². The van der Waals surface area contributed by atoms with Crippen LogP contribution in [0.2, 0.25) is 5.02 Å². The zero-order chi connectivity index (χ0) is 20.9. The summed E-state index contributed by atoms with van der Waals surface area (Å²) in [7, 11) is 0. The fourth-order valence-electron chi connectivity index (χ4n) is 3.35. The van der Waals surface area contributed by atoms with E-state index >= 15 is 0 Å². The van der Waals surface area contributed by atoms with Crippen molar-refractivity contribution in [2.24, 2.45) is 0 Å². The molecule has 1 fully saturated rings. The minimum absolute atomic E-state index is 0.00547.